The number of hydrogen-bond acceptors (Lipinski definition) is 3. The summed E-state index contributed by atoms with van der Waals surface area (Å²) in [5.41, 5.74) is 3.65. The summed E-state index contributed by atoms with van der Waals surface area (Å²) in [6.45, 7) is 5.26. The van der Waals surface area contributed by atoms with Gasteiger partial charge in [0.25, 0.3) is 0 Å². The second-order valence-corrected chi connectivity index (χ2v) is 8.90. The lowest BCUT2D eigenvalue weighted by Gasteiger charge is -2.46. The third-order valence-electron chi connectivity index (χ3n) is 6.85. The first-order valence-corrected chi connectivity index (χ1v) is 10.8. The van der Waals surface area contributed by atoms with Crippen LogP contribution >= 0.6 is 0 Å². The summed E-state index contributed by atoms with van der Waals surface area (Å²) >= 11 is 0. The van der Waals surface area contributed by atoms with Crippen molar-refractivity contribution in [2.75, 3.05) is 4.90 Å². The maximum absolute atomic E-state index is 6.95. The fourth-order valence-corrected chi connectivity index (χ4v) is 5.13. The molecule has 152 valence electrons. The van der Waals surface area contributed by atoms with Crippen LogP contribution in [-0.2, 0) is 12.0 Å². The molecule has 0 N–H and O–H groups in total. The number of ether oxygens (including phenoxy) is 1. The van der Waals surface area contributed by atoms with Gasteiger partial charge in [0.05, 0.1) is 11.6 Å². The van der Waals surface area contributed by atoms with Gasteiger partial charge in [0.2, 0.25) is 5.72 Å². The van der Waals surface area contributed by atoms with Crippen LogP contribution in [-0.4, -0.2) is 11.9 Å². The van der Waals surface area contributed by atoms with Gasteiger partial charge in [-0.1, -0.05) is 78.9 Å². The molecule has 1 spiro atoms. The molecule has 0 unspecified atom stereocenters. The zero-order chi connectivity index (χ0) is 21.1. The van der Waals surface area contributed by atoms with Crippen LogP contribution in [0.3, 0.4) is 0 Å². The minimum atomic E-state index is -0.706. The summed E-state index contributed by atoms with van der Waals surface area (Å²) in [4.78, 5) is 7.41. The van der Waals surface area contributed by atoms with E-state index in [4.69, 9.17) is 9.73 Å². The highest BCUT2D eigenvalue weighted by atomic mass is 16.5. The van der Waals surface area contributed by atoms with Gasteiger partial charge in [-0.2, -0.15) is 0 Å². The van der Waals surface area contributed by atoms with E-state index in [1.54, 1.807) is 0 Å². The fraction of sp³-hybridized carbons (Fsp3) is 0.179. The van der Waals surface area contributed by atoms with Crippen LogP contribution in [0.5, 0.6) is 5.75 Å². The van der Waals surface area contributed by atoms with E-state index in [0.717, 1.165) is 23.4 Å². The van der Waals surface area contributed by atoms with E-state index in [9.17, 15) is 0 Å². The zero-order valence-electron chi connectivity index (χ0n) is 17.7. The predicted octanol–water partition coefficient (Wildman–Crippen LogP) is 6.63. The third kappa shape index (κ3) is 2.50. The molecule has 0 amide bonds. The van der Waals surface area contributed by atoms with Gasteiger partial charge < -0.3 is 9.64 Å². The monoisotopic (exact) mass is 404 g/mol. The van der Waals surface area contributed by atoms with Gasteiger partial charge in [0.15, 0.2) is 0 Å². The van der Waals surface area contributed by atoms with Gasteiger partial charge in [-0.15, -0.1) is 0 Å². The molecule has 0 aliphatic carbocycles. The smallest absolute Gasteiger partial charge is 0.229 e. The fourth-order valence-electron chi connectivity index (χ4n) is 5.13. The molecule has 0 radical (unpaired) electrons. The van der Waals surface area contributed by atoms with Gasteiger partial charge in [-0.3, -0.25) is 4.99 Å². The normalized spacial score (nSPS) is 20.5. The summed E-state index contributed by atoms with van der Waals surface area (Å²) < 4.78 is 6.95. The van der Waals surface area contributed by atoms with Crippen LogP contribution in [0, 0.1) is 0 Å². The summed E-state index contributed by atoms with van der Waals surface area (Å²) in [5, 5.41) is 2.29. The first kappa shape index (κ1) is 18.2. The predicted molar refractivity (Wildman–Crippen MR) is 128 cm³/mol. The van der Waals surface area contributed by atoms with E-state index in [1.165, 1.54) is 22.2 Å². The zero-order valence-corrected chi connectivity index (χ0v) is 17.7. The number of fused-ring (bicyclic) bond motifs is 4. The molecule has 0 bridgehead atoms. The van der Waals surface area contributed by atoms with Gasteiger partial charge in [-0.25, -0.2) is 0 Å². The van der Waals surface area contributed by atoms with Crippen molar-refractivity contribution in [1.29, 1.82) is 0 Å². The van der Waals surface area contributed by atoms with E-state index in [2.05, 4.69) is 110 Å². The Hall–Kier alpha value is -3.59. The minimum Gasteiger partial charge on any atom is -0.459 e. The average molecular weight is 405 g/mol. The van der Waals surface area contributed by atoms with Crippen molar-refractivity contribution >= 4 is 28.4 Å². The first-order valence-electron chi connectivity index (χ1n) is 10.8. The molecule has 0 saturated heterocycles. The number of rotatable bonds is 2. The molecule has 3 heteroatoms. The maximum Gasteiger partial charge on any atom is 0.229 e. The Morgan fingerprint density at radius 3 is 2.42 bits per heavy atom. The number of anilines is 1. The lowest BCUT2D eigenvalue weighted by atomic mass is 9.77. The maximum atomic E-state index is 6.95. The third-order valence-corrected chi connectivity index (χ3v) is 6.85. The van der Waals surface area contributed by atoms with Crippen LogP contribution in [0.2, 0.25) is 0 Å². The molecule has 31 heavy (non-hydrogen) atoms. The molecular weight excluding hydrogens is 380 g/mol. The van der Waals surface area contributed by atoms with Crippen molar-refractivity contribution in [3.8, 4) is 5.75 Å². The molecule has 4 aromatic carbocycles. The van der Waals surface area contributed by atoms with E-state index in [-0.39, 0.29) is 5.41 Å². The topological polar surface area (TPSA) is 24.8 Å². The Morgan fingerprint density at radius 2 is 1.55 bits per heavy atom. The Labute approximate surface area is 182 Å². The van der Waals surface area contributed by atoms with Gasteiger partial charge >= 0.3 is 0 Å². The van der Waals surface area contributed by atoms with E-state index >= 15 is 0 Å². The van der Waals surface area contributed by atoms with Crippen LogP contribution in [0.25, 0.3) is 10.8 Å². The lowest BCUT2D eigenvalue weighted by Crippen LogP contribution is -2.61. The van der Waals surface area contributed by atoms with E-state index in [0.29, 0.717) is 0 Å². The molecule has 0 fully saturated rings. The van der Waals surface area contributed by atoms with E-state index in [1.807, 2.05) is 6.21 Å². The van der Waals surface area contributed by atoms with Gasteiger partial charge in [0.1, 0.15) is 11.4 Å². The molecule has 3 nitrogen and oxygen atoms in total. The SMILES string of the molecule is CC1(C)c2ccccc2N(Cc2ccccc2)[C@@]12C=Nc1c(ccc3ccccc13)O2. The quantitative estimate of drug-likeness (QED) is 0.375. The first-order chi connectivity index (χ1) is 15.1. The molecule has 1 atom stereocenters. The second kappa shape index (κ2) is 6.45. The largest absolute Gasteiger partial charge is 0.459 e. The summed E-state index contributed by atoms with van der Waals surface area (Å²) in [7, 11) is 0. The van der Waals surface area contributed by atoms with Crippen molar-refractivity contribution in [1.82, 2.24) is 0 Å². The molecule has 2 aliphatic heterocycles. The highest BCUT2D eigenvalue weighted by molar-refractivity contribution is 5.99. The van der Waals surface area contributed by atoms with E-state index < -0.39 is 5.72 Å². The molecular formula is C28H24N2O. The number of nitrogens with zero attached hydrogens (tertiary/aromatic N) is 2. The summed E-state index contributed by atoms with van der Waals surface area (Å²) in [5.74, 6) is 0.833. The van der Waals surface area contributed by atoms with Crippen molar-refractivity contribution in [3.05, 3.63) is 102 Å². The van der Waals surface area contributed by atoms with Gasteiger partial charge in [0, 0.05) is 17.6 Å². The van der Waals surface area contributed by atoms with Crippen LogP contribution in [0.4, 0.5) is 11.4 Å². The van der Waals surface area contributed by atoms with Crippen LogP contribution < -0.4 is 9.64 Å². The van der Waals surface area contributed by atoms with Crippen molar-refractivity contribution in [2.45, 2.75) is 31.5 Å². The Bertz CT molecular complexity index is 1330. The lowest BCUT2D eigenvalue weighted by molar-refractivity contribution is 0.0764. The summed E-state index contributed by atoms with van der Waals surface area (Å²) in [6.07, 6.45) is 2.03. The highest BCUT2D eigenvalue weighted by Crippen LogP contribution is 2.55. The van der Waals surface area contributed by atoms with Crippen LogP contribution in [0.15, 0.2) is 96.0 Å². The Balaban J connectivity index is 1.54. The molecule has 6 rings (SSSR count). The molecule has 0 saturated carbocycles. The Morgan fingerprint density at radius 1 is 0.806 bits per heavy atom. The Kier molecular flexibility index (Phi) is 3.79. The van der Waals surface area contributed by atoms with Crippen molar-refractivity contribution in [2.24, 2.45) is 4.99 Å². The number of benzene rings is 4. The molecule has 2 aliphatic rings. The number of aliphatic imine (C=N–C) groups is 1. The molecule has 2 heterocycles. The summed E-state index contributed by atoms with van der Waals surface area (Å²) in [6, 6.07) is 31.7. The van der Waals surface area contributed by atoms with Gasteiger partial charge in [-0.05, 0) is 42.5 Å². The van der Waals surface area contributed by atoms with Crippen molar-refractivity contribution in [3.63, 3.8) is 0 Å². The standard InChI is InChI=1S/C28H24N2O/c1-27(2)23-14-8-9-15-24(23)30(18-20-10-4-3-5-11-20)28(27)19-29-26-22-13-7-6-12-21(22)16-17-25(26)31-28/h3-17,19H,18H2,1-2H3/t28-/m1/s1. The van der Waals surface area contributed by atoms with Crippen molar-refractivity contribution < 1.29 is 4.74 Å². The highest BCUT2D eigenvalue weighted by Gasteiger charge is 2.59. The average Bonchev–Trinajstić information content (AvgIpc) is 2.98. The molecule has 0 aromatic heterocycles. The second-order valence-electron chi connectivity index (χ2n) is 8.90. The molecule has 4 aromatic rings. The minimum absolute atomic E-state index is 0.286. The number of hydrogen-bond donors (Lipinski definition) is 0. The number of para-hydroxylation sites is 1. The van der Waals surface area contributed by atoms with Crippen LogP contribution in [0.1, 0.15) is 25.0 Å².